The number of halogens is 3. The first-order chi connectivity index (χ1) is 8.74. The predicted molar refractivity (Wildman–Crippen MR) is 60.3 cm³/mol. The van der Waals surface area contributed by atoms with Gasteiger partial charge in [0.25, 0.3) is 0 Å². The Bertz CT molecular complexity index is 499. The monoisotopic (exact) mass is 299 g/mol. The van der Waals surface area contributed by atoms with Gasteiger partial charge in [-0.3, -0.25) is 0 Å². The van der Waals surface area contributed by atoms with E-state index in [2.05, 4.69) is 0 Å². The average molecular weight is 299 g/mol. The lowest BCUT2D eigenvalue weighted by molar-refractivity contribution is -0.121. The summed E-state index contributed by atoms with van der Waals surface area (Å²) >= 11 is 0. The molecule has 0 aromatic heterocycles. The van der Waals surface area contributed by atoms with Crippen molar-refractivity contribution < 1.29 is 31.4 Å². The molecule has 0 aliphatic heterocycles. The lowest BCUT2D eigenvalue weighted by Gasteiger charge is -2.10. The number of alkyl halides is 3. The molecule has 108 valence electrons. The van der Waals surface area contributed by atoms with Crippen molar-refractivity contribution in [3.63, 3.8) is 0 Å². The van der Waals surface area contributed by atoms with Gasteiger partial charge < -0.3 is 9.84 Å². The Hall–Kier alpha value is -1.32. The third kappa shape index (κ3) is 5.45. The van der Waals surface area contributed by atoms with Gasteiger partial charge in [0.1, 0.15) is 18.9 Å². The molecule has 0 heterocycles. The zero-order valence-electron chi connectivity index (χ0n) is 9.64. The highest BCUT2D eigenvalue weighted by molar-refractivity contribution is 7.89. The molecule has 0 unspecified atom stereocenters. The molecule has 0 bridgehead atoms. The van der Waals surface area contributed by atoms with E-state index in [0.29, 0.717) is 5.75 Å². The zero-order valence-corrected chi connectivity index (χ0v) is 10.5. The molecule has 1 rings (SSSR count). The molecule has 0 spiro atoms. The summed E-state index contributed by atoms with van der Waals surface area (Å²) < 4.78 is 65.3. The van der Waals surface area contributed by atoms with Crippen molar-refractivity contribution in [3.8, 4) is 5.75 Å². The summed E-state index contributed by atoms with van der Waals surface area (Å²) in [6, 6.07) is 4.81. The number of aliphatic hydroxyl groups is 1. The number of benzene rings is 1. The molecule has 1 aromatic rings. The van der Waals surface area contributed by atoms with Crippen LogP contribution in [0.4, 0.5) is 13.2 Å². The van der Waals surface area contributed by atoms with Crippen LogP contribution in [-0.4, -0.2) is 39.5 Å². The third-order valence-electron chi connectivity index (χ3n) is 1.96. The van der Waals surface area contributed by atoms with E-state index < -0.39 is 22.7 Å². The van der Waals surface area contributed by atoms with Gasteiger partial charge >= 0.3 is 6.18 Å². The maximum absolute atomic E-state index is 11.9. The molecular formula is C10H12F3NO4S. The predicted octanol–water partition coefficient (Wildman–Crippen LogP) is 0.898. The molecule has 0 atom stereocenters. The second-order valence-electron chi connectivity index (χ2n) is 3.48. The average Bonchev–Trinajstić information content (AvgIpc) is 2.34. The minimum atomic E-state index is -4.61. The Labute approximate surface area is 108 Å². The first kappa shape index (κ1) is 15.7. The fraction of sp³-hybridized carbons (Fsp3) is 0.400. The van der Waals surface area contributed by atoms with Crippen LogP contribution in [0.1, 0.15) is 0 Å². The van der Waals surface area contributed by atoms with E-state index in [1.807, 2.05) is 0 Å². The maximum Gasteiger partial charge on any atom is 0.402 e. The fourth-order valence-corrected chi connectivity index (χ4v) is 2.15. The van der Waals surface area contributed by atoms with E-state index in [-0.39, 0.29) is 18.1 Å². The quantitative estimate of drug-likeness (QED) is 0.818. The van der Waals surface area contributed by atoms with E-state index in [9.17, 15) is 21.6 Å². The van der Waals surface area contributed by atoms with Crippen molar-refractivity contribution in [1.82, 2.24) is 4.72 Å². The van der Waals surface area contributed by atoms with Gasteiger partial charge in [-0.15, -0.1) is 0 Å². The number of hydrogen-bond acceptors (Lipinski definition) is 4. The smallest absolute Gasteiger partial charge is 0.402 e. The van der Waals surface area contributed by atoms with Crippen molar-refractivity contribution in [2.45, 2.75) is 11.1 Å². The number of aliphatic hydroxyl groups excluding tert-OH is 1. The minimum absolute atomic E-state index is 0.0401. The van der Waals surface area contributed by atoms with Gasteiger partial charge in [0.15, 0.2) is 0 Å². The standard InChI is InChI=1S/C10H12F3NO4S/c11-10(12,13)7-14-19(16,17)9-3-1-8(2-4-9)18-6-5-15/h1-4,14-15H,5-7H2. The summed E-state index contributed by atoms with van der Waals surface area (Å²) in [4.78, 5) is -0.298. The Balaban J connectivity index is 2.73. The highest BCUT2D eigenvalue weighted by Gasteiger charge is 2.29. The van der Waals surface area contributed by atoms with Crippen LogP contribution in [0.5, 0.6) is 5.75 Å². The molecule has 0 amide bonds. The maximum atomic E-state index is 11.9. The molecule has 0 radical (unpaired) electrons. The van der Waals surface area contributed by atoms with Crippen LogP contribution in [0.3, 0.4) is 0 Å². The van der Waals surface area contributed by atoms with Crippen LogP contribution in [0, 0.1) is 0 Å². The number of hydrogen-bond donors (Lipinski definition) is 2. The lowest BCUT2D eigenvalue weighted by atomic mass is 10.3. The number of ether oxygens (including phenoxy) is 1. The van der Waals surface area contributed by atoms with Crippen LogP contribution < -0.4 is 9.46 Å². The van der Waals surface area contributed by atoms with E-state index in [0.717, 1.165) is 12.1 Å². The van der Waals surface area contributed by atoms with Gasteiger partial charge in [0, 0.05) is 0 Å². The van der Waals surface area contributed by atoms with Gasteiger partial charge in [-0.2, -0.15) is 13.2 Å². The second-order valence-corrected chi connectivity index (χ2v) is 5.25. The van der Waals surface area contributed by atoms with Crippen LogP contribution >= 0.6 is 0 Å². The van der Waals surface area contributed by atoms with Crippen molar-refractivity contribution in [3.05, 3.63) is 24.3 Å². The normalized spacial score (nSPS) is 12.4. The molecule has 9 heteroatoms. The first-order valence-corrected chi connectivity index (χ1v) is 6.63. The zero-order chi connectivity index (χ0) is 14.5. The lowest BCUT2D eigenvalue weighted by Crippen LogP contribution is -2.33. The summed E-state index contributed by atoms with van der Waals surface area (Å²) in [6.45, 7) is -1.79. The molecule has 0 saturated heterocycles. The molecule has 0 saturated carbocycles. The Kier molecular flexibility index (Phi) is 5.15. The fourth-order valence-electron chi connectivity index (χ4n) is 1.14. The van der Waals surface area contributed by atoms with Gasteiger partial charge in [0.2, 0.25) is 10.0 Å². The van der Waals surface area contributed by atoms with Gasteiger partial charge in [-0.1, -0.05) is 0 Å². The first-order valence-electron chi connectivity index (χ1n) is 5.15. The Morgan fingerprint density at radius 1 is 1.21 bits per heavy atom. The van der Waals surface area contributed by atoms with E-state index in [4.69, 9.17) is 9.84 Å². The summed E-state index contributed by atoms with van der Waals surface area (Å²) in [7, 11) is -4.21. The number of rotatable bonds is 6. The molecule has 0 aliphatic carbocycles. The Morgan fingerprint density at radius 2 is 1.79 bits per heavy atom. The molecular weight excluding hydrogens is 287 g/mol. The van der Waals surface area contributed by atoms with Crippen molar-refractivity contribution in [2.24, 2.45) is 0 Å². The van der Waals surface area contributed by atoms with Crippen molar-refractivity contribution >= 4 is 10.0 Å². The summed E-state index contributed by atoms with van der Waals surface area (Å²) in [5.74, 6) is 0.309. The number of nitrogens with one attached hydrogen (secondary N) is 1. The molecule has 1 aromatic carbocycles. The summed E-state index contributed by atoms with van der Waals surface area (Å²) in [6.07, 6.45) is -4.61. The highest BCUT2D eigenvalue weighted by Crippen LogP contribution is 2.18. The molecule has 19 heavy (non-hydrogen) atoms. The van der Waals surface area contributed by atoms with E-state index in [1.54, 1.807) is 0 Å². The molecule has 2 N–H and O–H groups in total. The van der Waals surface area contributed by atoms with E-state index in [1.165, 1.54) is 16.9 Å². The van der Waals surface area contributed by atoms with E-state index >= 15 is 0 Å². The molecule has 5 nitrogen and oxygen atoms in total. The van der Waals surface area contributed by atoms with Crippen molar-refractivity contribution in [1.29, 1.82) is 0 Å². The van der Waals surface area contributed by atoms with Crippen LogP contribution in [0.15, 0.2) is 29.2 Å². The second kappa shape index (κ2) is 6.22. The SMILES string of the molecule is O=S(=O)(NCC(F)(F)F)c1ccc(OCCO)cc1. The topological polar surface area (TPSA) is 75.6 Å². The van der Waals surface area contributed by atoms with Crippen LogP contribution in [0.2, 0.25) is 0 Å². The Morgan fingerprint density at radius 3 is 2.26 bits per heavy atom. The van der Waals surface area contributed by atoms with Crippen molar-refractivity contribution in [2.75, 3.05) is 19.8 Å². The molecule has 0 aliphatic rings. The summed E-state index contributed by atoms with van der Waals surface area (Å²) in [5, 5.41) is 8.52. The van der Waals surface area contributed by atoms with Crippen LogP contribution in [0.25, 0.3) is 0 Å². The highest BCUT2D eigenvalue weighted by atomic mass is 32.2. The van der Waals surface area contributed by atoms with Gasteiger partial charge in [-0.05, 0) is 24.3 Å². The van der Waals surface area contributed by atoms with Gasteiger partial charge in [0.05, 0.1) is 11.5 Å². The summed E-state index contributed by atoms with van der Waals surface area (Å²) in [5.41, 5.74) is 0. The minimum Gasteiger partial charge on any atom is -0.491 e. The molecule has 0 fully saturated rings. The largest absolute Gasteiger partial charge is 0.491 e. The number of sulfonamides is 1. The van der Waals surface area contributed by atoms with Crippen LogP contribution in [-0.2, 0) is 10.0 Å². The van der Waals surface area contributed by atoms with Gasteiger partial charge in [-0.25, -0.2) is 13.1 Å². The third-order valence-corrected chi connectivity index (χ3v) is 3.37.